The van der Waals surface area contributed by atoms with Gasteiger partial charge < -0.3 is 0 Å². The van der Waals surface area contributed by atoms with Crippen molar-refractivity contribution >= 4 is 21.6 Å². The quantitative estimate of drug-likeness (QED) is 0.733. The maximum Gasteiger partial charge on any atom is 0.270 e. The smallest absolute Gasteiger partial charge is 0.270 e. The maximum absolute atomic E-state index is 13.1. The van der Waals surface area contributed by atoms with Crippen LogP contribution in [0.2, 0.25) is 0 Å². The highest BCUT2D eigenvalue weighted by Gasteiger charge is 2.30. The number of carbonyl (C=O) groups excluding carboxylic acids is 1. The van der Waals surface area contributed by atoms with Crippen molar-refractivity contribution < 1.29 is 13.2 Å². The fraction of sp³-hybridized carbons (Fsp3) is 0.350. The lowest BCUT2D eigenvalue weighted by Crippen LogP contribution is -2.36. The van der Waals surface area contributed by atoms with Crippen LogP contribution in [0.3, 0.4) is 0 Å². The van der Waals surface area contributed by atoms with Crippen molar-refractivity contribution in [1.29, 1.82) is 0 Å². The van der Waals surface area contributed by atoms with Crippen LogP contribution in [0.4, 0.5) is 5.69 Å². The highest BCUT2D eigenvalue weighted by atomic mass is 32.2. The van der Waals surface area contributed by atoms with E-state index in [0.29, 0.717) is 12.1 Å². The van der Waals surface area contributed by atoms with Gasteiger partial charge in [0.25, 0.3) is 10.0 Å². The summed E-state index contributed by atoms with van der Waals surface area (Å²) in [4.78, 5) is 12.8. The van der Waals surface area contributed by atoms with Crippen LogP contribution in [-0.4, -0.2) is 14.3 Å². The minimum Gasteiger partial charge on any atom is -0.273 e. The summed E-state index contributed by atoms with van der Waals surface area (Å²) >= 11 is 0. The molecule has 0 radical (unpaired) electrons. The minimum absolute atomic E-state index is 0.127. The number of hydrogen-bond donors (Lipinski definition) is 0. The first kappa shape index (κ1) is 19.2. The number of anilines is 1. The van der Waals surface area contributed by atoms with Crippen molar-refractivity contribution in [3.63, 3.8) is 0 Å². The Balaban J connectivity index is 2.49. The summed E-state index contributed by atoms with van der Waals surface area (Å²) in [7, 11) is -3.94. The van der Waals surface area contributed by atoms with Crippen LogP contribution < -0.4 is 4.31 Å². The second-order valence-electron chi connectivity index (χ2n) is 6.10. The number of unbranched alkanes of at least 4 members (excludes halogenated alkanes) is 1. The first-order chi connectivity index (χ1) is 11.9. The summed E-state index contributed by atoms with van der Waals surface area (Å²) in [5, 5.41) is 0. The van der Waals surface area contributed by atoms with Crippen molar-refractivity contribution in [1.82, 2.24) is 0 Å². The van der Waals surface area contributed by atoms with Gasteiger partial charge >= 0.3 is 0 Å². The zero-order valence-electron chi connectivity index (χ0n) is 15.0. The first-order valence-electron chi connectivity index (χ1n) is 8.64. The molecule has 0 aliphatic carbocycles. The monoisotopic (exact) mass is 359 g/mol. The van der Waals surface area contributed by atoms with Gasteiger partial charge in [0.1, 0.15) is 0 Å². The Morgan fingerprint density at radius 2 is 1.56 bits per heavy atom. The van der Waals surface area contributed by atoms with Crippen molar-refractivity contribution in [3.05, 3.63) is 59.7 Å². The van der Waals surface area contributed by atoms with Crippen LogP contribution in [0.1, 0.15) is 44.2 Å². The van der Waals surface area contributed by atoms with Crippen LogP contribution in [0.5, 0.6) is 0 Å². The molecule has 2 aromatic carbocycles. The molecule has 2 aromatic rings. The van der Waals surface area contributed by atoms with Crippen molar-refractivity contribution in [3.8, 4) is 0 Å². The van der Waals surface area contributed by atoms with Crippen LogP contribution >= 0.6 is 0 Å². The summed E-state index contributed by atoms with van der Waals surface area (Å²) in [6.07, 6.45) is 2.55. The molecule has 0 N–H and O–H groups in total. The fourth-order valence-electron chi connectivity index (χ4n) is 2.53. The van der Waals surface area contributed by atoms with E-state index < -0.39 is 15.9 Å². The van der Waals surface area contributed by atoms with E-state index in [9.17, 15) is 13.2 Å². The van der Waals surface area contributed by atoms with Gasteiger partial charge in [-0.15, -0.1) is 0 Å². The van der Waals surface area contributed by atoms with Crippen molar-refractivity contribution in [2.24, 2.45) is 0 Å². The van der Waals surface area contributed by atoms with Crippen molar-refractivity contribution in [2.75, 3.05) is 4.31 Å². The molecule has 0 aliphatic rings. The van der Waals surface area contributed by atoms with Crippen molar-refractivity contribution in [2.45, 2.75) is 51.3 Å². The summed E-state index contributed by atoms with van der Waals surface area (Å²) in [6, 6.07) is 13.7. The van der Waals surface area contributed by atoms with Gasteiger partial charge in [-0.1, -0.05) is 50.1 Å². The molecule has 0 unspecified atom stereocenters. The molecular formula is C20H25NO3S. The summed E-state index contributed by atoms with van der Waals surface area (Å²) in [5.74, 6) is -0.397. The molecule has 0 fully saturated rings. The maximum atomic E-state index is 13.1. The SMILES string of the molecule is CCCCC(=O)N(c1ccc(CC)cc1)S(=O)(=O)c1ccc(C)cc1. The first-order valence-corrected chi connectivity index (χ1v) is 10.1. The van der Waals surface area contributed by atoms with Gasteiger partial charge in [0, 0.05) is 6.42 Å². The van der Waals surface area contributed by atoms with E-state index in [-0.39, 0.29) is 11.3 Å². The third-order valence-electron chi connectivity index (χ3n) is 4.11. The Kier molecular flexibility index (Phi) is 6.37. The number of amides is 1. The lowest BCUT2D eigenvalue weighted by atomic mass is 10.1. The van der Waals surface area contributed by atoms with Crippen LogP contribution in [0.15, 0.2) is 53.4 Å². The highest BCUT2D eigenvalue weighted by molar-refractivity contribution is 7.93. The largest absolute Gasteiger partial charge is 0.273 e. The van der Waals surface area contributed by atoms with Gasteiger partial charge in [-0.05, 0) is 49.6 Å². The number of hydrogen-bond acceptors (Lipinski definition) is 3. The van der Waals surface area contributed by atoms with Gasteiger partial charge in [0.15, 0.2) is 0 Å². The number of carbonyl (C=O) groups is 1. The molecule has 0 spiro atoms. The number of benzene rings is 2. The molecule has 0 aromatic heterocycles. The molecule has 0 heterocycles. The van der Waals surface area contributed by atoms with Crippen LogP contribution in [-0.2, 0) is 21.2 Å². The predicted octanol–water partition coefficient (Wildman–Crippen LogP) is 4.47. The number of rotatable bonds is 7. The number of aryl methyl sites for hydroxylation is 2. The van der Waals surface area contributed by atoms with E-state index in [1.165, 1.54) is 0 Å². The van der Waals surface area contributed by atoms with Gasteiger partial charge in [-0.3, -0.25) is 4.79 Å². The predicted molar refractivity (Wildman–Crippen MR) is 101 cm³/mol. The fourth-order valence-corrected chi connectivity index (χ4v) is 3.98. The topological polar surface area (TPSA) is 54.5 Å². The molecule has 0 bridgehead atoms. The van der Waals surface area contributed by atoms with E-state index in [0.717, 1.165) is 28.3 Å². The Morgan fingerprint density at radius 3 is 2.08 bits per heavy atom. The average Bonchev–Trinajstić information content (AvgIpc) is 2.61. The zero-order chi connectivity index (χ0) is 18.4. The normalized spacial score (nSPS) is 11.3. The van der Waals surface area contributed by atoms with Gasteiger partial charge in [0.2, 0.25) is 5.91 Å². The Bertz CT molecular complexity index is 809. The molecule has 2 rings (SSSR count). The summed E-state index contributed by atoms with van der Waals surface area (Å²) in [5.41, 5.74) is 2.45. The highest BCUT2D eigenvalue weighted by Crippen LogP contribution is 2.26. The summed E-state index contributed by atoms with van der Waals surface area (Å²) in [6.45, 7) is 5.90. The third-order valence-corrected chi connectivity index (χ3v) is 5.87. The Morgan fingerprint density at radius 1 is 0.960 bits per heavy atom. The number of sulfonamides is 1. The molecule has 0 saturated heterocycles. The Labute approximate surface area is 150 Å². The van der Waals surface area contributed by atoms with E-state index >= 15 is 0 Å². The molecule has 25 heavy (non-hydrogen) atoms. The molecule has 4 nitrogen and oxygen atoms in total. The second-order valence-corrected chi connectivity index (χ2v) is 7.89. The summed E-state index contributed by atoms with van der Waals surface area (Å²) < 4.78 is 27.2. The van der Waals surface area contributed by atoms with E-state index in [2.05, 4.69) is 0 Å². The molecule has 0 saturated carbocycles. The van der Waals surface area contributed by atoms with E-state index in [4.69, 9.17) is 0 Å². The molecule has 0 aliphatic heterocycles. The molecule has 134 valence electrons. The average molecular weight is 359 g/mol. The molecule has 5 heteroatoms. The van der Waals surface area contributed by atoms with Gasteiger partial charge in [-0.2, -0.15) is 0 Å². The Hall–Kier alpha value is -2.14. The lowest BCUT2D eigenvalue weighted by molar-refractivity contribution is -0.117. The van der Waals surface area contributed by atoms with E-state index in [1.54, 1.807) is 36.4 Å². The zero-order valence-corrected chi connectivity index (χ0v) is 15.8. The van der Waals surface area contributed by atoms with Crippen LogP contribution in [0, 0.1) is 6.92 Å². The van der Waals surface area contributed by atoms with Gasteiger partial charge in [-0.25, -0.2) is 12.7 Å². The molecule has 0 atom stereocenters. The second kappa shape index (κ2) is 8.30. The standard InChI is InChI=1S/C20H25NO3S/c1-4-6-7-20(22)21(18-12-10-17(5-2)11-13-18)25(23,24)19-14-8-16(3)9-15-19/h8-15H,4-7H2,1-3H3. The van der Waals surface area contributed by atoms with E-state index in [1.807, 2.05) is 32.9 Å². The third kappa shape index (κ3) is 4.48. The van der Waals surface area contributed by atoms with Gasteiger partial charge in [0.05, 0.1) is 10.6 Å². The lowest BCUT2D eigenvalue weighted by Gasteiger charge is -2.23. The minimum atomic E-state index is -3.94. The molecular weight excluding hydrogens is 334 g/mol. The number of nitrogens with zero attached hydrogens (tertiary/aromatic N) is 1. The van der Waals surface area contributed by atoms with Crippen LogP contribution in [0.25, 0.3) is 0 Å². The molecule has 1 amide bonds.